The number of ether oxygens (including phenoxy) is 1. The van der Waals surface area contributed by atoms with Gasteiger partial charge in [0.1, 0.15) is 11.4 Å². The monoisotopic (exact) mass is 347 g/mol. The van der Waals surface area contributed by atoms with E-state index >= 15 is 0 Å². The summed E-state index contributed by atoms with van der Waals surface area (Å²) in [5.74, 6) is -1.88. The number of alkyl halides is 3. The quantitative estimate of drug-likeness (QED) is 0.913. The lowest BCUT2D eigenvalue weighted by Crippen LogP contribution is -2.17. The average Bonchev–Trinajstić information content (AvgIpc) is 2.46. The summed E-state index contributed by atoms with van der Waals surface area (Å²) in [6, 6.07) is 5.67. The van der Waals surface area contributed by atoms with Gasteiger partial charge >= 0.3 is 12.3 Å². The van der Waals surface area contributed by atoms with Crippen molar-refractivity contribution in [3.63, 3.8) is 0 Å². The molecule has 0 spiro atoms. The third-order valence-electron chi connectivity index (χ3n) is 2.63. The van der Waals surface area contributed by atoms with Crippen LogP contribution >= 0.6 is 0 Å². The summed E-state index contributed by atoms with van der Waals surface area (Å²) in [7, 11) is -4.03. The van der Waals surface area contributed by atoms with Crippen molar-refractivity contribution in [1.82, 2.24) is 4.98 Å². The second kappa shape index (κ2) is 5.88. The van der Waals surface area contributed by atoms with Crippen LogP contribution in [0.4, 0.5) is 13.2 Å². The van der Waals surface area contributed by atoms with E-state index in [2.05, 4.69) is 9.72 Å². The van der Waals surface area contributed by atoms with Crippen LogP contribution in [-0.2, 0) is 9.84 Å². The molecule has 1 N–H and O–H groups in total. The molecular formula is C13H8F3NO5S. The lowest BCUT2D eigenvalue weighted by Gasteiger charge is -2.09. The Hall–Kier alpha value is -2.62. The molecule has 0 unspecified atom stereocenters. The van der Waals surface area contributed by atoms with E-state index in [0.717, 1.165) is 42.6 Å². The van der Waals surface area contributed by atoms with Crippen molar-refractivity contribution >= 4 is 15.8 Å². The first kappa shape index (κ1) is 16.7. The second-order valence-electron chi connectivity index (χ2n) is 4.21. The number of carboxylic acids is 1. The molecule has 0 amide bonds. The van der Waals surface area contributed by atoms with E-state index < -0.39 is 27.9 Å². The zero-order chi connectivity index (χ0) is 17.3. The zero-order valence-corrected chi connectivity index (χ0v) is 11.9. The number of sulfone groups is 1. The van der Waals surface area contributed by atoms with Crippen LogP contribution in [0.15, 0.2) is 52.4 Å². The normalized spacial score (nSPS) is 12.0. The molecule has 0 aliphatic carbocycles. The number of hydrogen-bond donors (Lipinski definition) is 1. The van der Waals surface area contributed by atoms with Crippen molar-refractivity contribution in [2.75, 3.05) is 0 Å². The highest BCUT2D eigenvalue weighted by atomic mass is 32.2. The van der Waals surface area contributed by atoms with Crippen LogP contribution in [0.5, 0.6) is 5.75 Å². The van der Waals surface area contributed by atoms with Crippen molar-refractivity contribution in [3.8, 4) is 5.75 Å². The van der Waals surface area contributed by atoms with E-state index in [4.69, 9.17) is 5.11 Å². The van der Waals surface area contributed by atoms with Crippen molar-refractivity contribution < 1.29 is 36.2 Å². The van der Waals surface area contributed by atoms with E-state index in [1.807, 2.05) is 0 Å². The molecule has 122 valence electrons. The number of aromatic carboxylic acids is 1. The van der Waals surface area contributed by atoms with Crippen molar-refractivity contribution in [3.05, 3.63) is 48.3 Å². The fraction of sp³-hybridized carbons (Fsp3) is 0.0769. The van der Waals surface area contributed by atoms with E-state index in [0.29, 0.717) is 0 Å². The highest BCUT2D eigenvalue weighted by Gasteiger charge is 2.31. The summed E-state index contributed by atoms with van der Waals surface area (Å²) >= 11 is 0. The Morgan fingerprint density at radius 2 is 1.61 bits per heavy atom. The zero-order valence-electron chi connectivity index (χ0n) is 11.1. The van der Waals surface area contributed by atoms with Gasteiger partial charge in [-0.25, -0.2) is 18.2 Å². The van der Waals surface area contributed by atoms with E-state index in [1.165, 1.54) is 0 Å². The fourth-order valence-electron chi connectivity index (χ4n) is 1.62. The summed E-state index contributed by atoms with van der Waals surface area (Å²) in [5, 5.41) is 8.70. The molecule has 2 rings (SSSR count). The topological polar surface area (TPSA) is 93.6 Å². The maximum absolute atomic E-state index is 12.3. The van der Waals surface area contributed by atoms with Gasteiger partial charge in [0.2, 0.25) is 9.84 Å². The Balaban J connectivity index is 2.30. The summed E-state index contributed by atoms with van der Waals surface area (Å²) in [5.41, 5.74) is -0.335. The number of benzene rings is 1. The number of halogens is 3. The Kier molecular flexibility index (Phi) is 4.28. The van der Waals surface area contributed by atoms with Crippen molar-refractivity contribution in [2.24, 2.45) is 0 Å². The van der Waals surface area contributed by atoms with E-state index in [9.17, 15) is 26.4 Å². The minimum Gasteiger partial charge on any atom is -0.477 e. The van der Waals surface area contributed by atoms with E-state index in [-0.39, 0.29) is 15.5 Å². The molecule has 0 atom stereocenters. The summed E-state index contributed by atoms with van der Waals surface area (Å²) in [6.07, 6.45) is -4.02. The molecule has 1 aromatic carbocycles. The molecule has 0 saturated carbocycles. The van der Waals surface area contributed by atoms with Gasteiger partial charge in [-0.05, 0) is 36.4 Å². The van der Waals surface area contributed by atoms with Gasteiger partial charge in [0.15, 0.2) is 0 Å². The molecule has 0 saturated heterocycles. The van der Waals surface area contributed by atoms with E-state index in [1.54, 1.807) is 0 Å². The van der Waals surface area contributed by atoms with Gasteiger partial charge in [0, 0.05) is 6.20 Å². The van der Waals surface area contributed by atoms with Gasteiger partial charge in [-0.3, -0.25) is 0 Å². The minimum absolute atomic E-state index is 0.281. The number of aromatic nitrogens is 1. The molecule has 10 heteroatoms. The number of rotatable bonds is 4. The van der Waals surface area contributed by atoms with Crippen LogP contribution in [0.25, 0.3) is 0 Å². The third-order valence-corrected chi connectivity index (χ3v) is 4.39. The van der Waals surface area contributed by atoms with Crippen LogP contribution in [0, 0.1) is 0 Å². The maximum Gasteiger partial charge on any atom is 0.573 e. The van der Waals surface area contributed by atoms with Gasteiger partial charge in [0.25, 0.3) is 0 Å². The second-order valence-corrected chi connectivity index (χ2v) is 6.16. The molecule has 0 aliphatic rings. The summed E-state index contributed by atoms with van der Waals surface area (Å²) < 4.78 is 64.3. The van der Waals surface area contributed by atoms with Gasteiger partial charge in [-0.15, -0.1) is 13.2 Å². The van der Waals surface area contributed by atoms with Crippen LogP contribution in [-0.4, -0.2) is 30.8 Å². The molecule has 1 aromatic heterocycles. The Labute approximate surface area is 128 Å². The van der Waals surface area contributed by atoms with Crippen LogP contribution in [0.1, 0.15) is 10.5 Å². The van der Waals surface area contributed by atoms with Crippen molar-refractivity contribution in [2.45, 2.75) is 16.2 Å². The predicted molar refractivity (Wildman–Crippen MR) is 69.8 cm³/mol. The van der Waals surface area contributed by atoms with Crippen LogP contribution in [0.3, 0.4) is 0 Å². The molecule has 0 aliphatic heterocycles. The largest absolute Gasteiger partial charge is 0.573 e. The number of carboxylic acid groups (broad SMARTS) is 1. The molecule has 0 fully saturated rings. The molecular weight excluding hydrogens is 339 g/mol. The van der Waals surface area contributed by atoms with Gasteiger partial charge in [-0.1, -0.05) is 0 Å². The lowest BCUT2D eigenvalue weighted by atomic mass is 10.3. The van der Waals surface area contributed by atoms with Crippen molar-refractivity contribution in [1.29, 1.82) is 0 Å². The molecule has 1 heterocycles. The Morgan fingerprint density at radius 1 is 1.04 bits per heavy atom. The maximum atomic E-state index is 12.3. The summed E-state index contributed by atoms with van der Waals surface area (Å²) in [4.78, 5) is 13.6. The average molecular weight is 347 g/mol. The molecule has 23 heavy (non-hydrogen) atoms. The molecule has 2 aromatic rings. The summed E-state index contributed by atoms with van der Waals surface area (Å²) in [6.45, 7) is 0. The Morgan fingerprint density at radius 3 is 2.04 bits per heavy atom. The highest BCUT2D eigenvalue weighted by Crippen LogP contribution is 2.26. The van der Waals surface area contributed by atoms with Crippen LogP contribution in [0.2, 0.25) is 0 Å². The molecule has 0 bridgehead atoms. The highest BCUT2D eigenvalue weighted by molar-refractivity contribution is 7.91. The number of hydrogen-bond acceptors (Lipinski definition) is 5. The lowest BCUT2D eigenvalue weighted by molar-refractivity contribution is -0.274. The fourth-order valence-corrected chi connectivity index (χ4v) is 2.83. The SMILES string of the molecule is O=C(O)c1ccc(S(=O)(=O)c2ccc(OC(F)(F)F)cc2)cn1. The minimum atomic E-state index is -4.88. The first-order valence-corrected chi connectivity index (χ1v) is 7.38. The van der Waals surface area contributed by atoms with Crippen LogP contribution < -0.4 is 4.74 Å². The molecule has 0 radical (unpaired) electrons. The first-order valence-electron chi connectivity index (χ1n) is 5.90. The predicted octanol–water partition coefficient (Wildman–Crippen LogP) is 2.51. The smallest absolute Gasteiger partial charge is 0.477 e. The Bertz CT molecular complexity index is 814. The third kappa shape index (κ3) is 3.97. The van der Waals surface area contributed by atoms with Gasteiger partial charge < -0.3 is 9.84 Å². The number of carbonyl (C=O) groups is 1. The standard InChI is InChI=1S/C13H8F3NO5S/c14-13(15,16)22-8-1-3-9(4-2-8)23(20,21)10-5-6-11(12(18)19)17-7-10/h1-7H,(H,18,19). The van der Waals surface area contributed by atoms with Gasteiger partial charge in [0.05, 0.1) is 9.79 Å². The number of pyridine rings is 1. The first-order chi connectivity index (χ1) is 10.6. The molecule has 6 nitrogen and oxygen atoms in total. The number of nitrogens with zero attached hydrogens (tertiary/aromatic N) is 1. The van der Waals surface area contributed by atoms with Gasteiger partial charge in [-0.2, -0.15) is 0 Å².